The lowest BCUT2D eigenvalue weighted by Crippen LogP contribution is -2.53. The van der Waals surface area contributed by atoms with Gasteiger partial charge in [0.15, 0.2) is 0 Å². The van der Waals surface area contributed by atoms with E-state index in [1.807, 2.05) is 71.6 Å². The Kier molecular flexibility index (Phi) is 7.40. The molecule has 0 bridgehead atoms. The third-order valence-corrected chi connectivity index (χ3v) is 7.81. The molecule has 36 heavy (non-hydrogen) atoms. The number of halogens is 1. The van der Waals surface area contributed by atoms with Crippen LogP contribution in [0.15, 0.2) is 78.9 Å². The summed E-state index contributed by atoms with van der Waals surface area (Å²) in [4.78, 5) is 29.8. The first-order chi connectivity index (χ1) is 17.5. The molecular weight excluding hydrogens is 470 g/mol. The van der Waals surface area contributed by atoms with Crippen molar-refractivity contribution in [2.24, 2.45) is 5.73 Å². The van der Waals surface area contributed by atoms with Crippen molar-refractivity contribution in [2.75, 3.05) is 6.54 Å². The molecule has 0 unspecified atom stereocenters. The second-order valence-electron chi connectivity index (χ2n) is 9.87. The zero-order valence-electron chi connectivity index (χ0n) is 20.3. The van der Waals surface area contributed by atoms with E-state index in [2.05, 4.69) is 17.4 Å². The number of hydrogen-bond donors (Lipinski definition) is 2. The summed E-state index contributed by atoms with van der Waals surface area (Å²) < 4.78 is 0. The monoisotopic (exact) mass is 501 g/mol. The second-order valence-corrected chi connectivity index (χ2v) is 10.3. The van der Waals surface area contributed by atoms with E-state index in [0.29, 0.717) is 17.1 Å². The first-order valence-corrected chi connectivity index (χ1v) is 13.1. The number of nitrogens with zero attached hydrogens (tertiary/aromatic N) is 1. The molecule has 2 aliphatic rings. The Balaban J connectivity index is 1.52. The van der Waals surface area contributed by atoms with Crippen molar-refractivity contribution in [1.29, 1.82) is 0 Å². The molecule has 5 nitrogen and oxygen atoms in total. The highest BCUT2D eigenvalue weighted by Crippen LogP contribution is 2.45. The maximum atomic E-state index is 14.0. The topological polar surface area (TPSA) is 75.4 Å². The van der Waals surface area contributed by atoms with Crippen molar-refractivity contribution in [1.82, 2.24) is 10.2 Å². The van der Waals surface area contributed by atoms with Gasteiger partial charge in [-0.15, -0.1) is 0 Å². The van der Waals surface area contributed by atoms with Crippen LogP contribution >= 0.6 is 11.6 Å². The Morgan fingerprint density at radius 3 is 2.31 bits per heavy atom. The van der Waals surface area contributed by atoms with Crippen LogP contribution in [-0.4, -0.2) is 35.3 Å². The fourth-order valence-electron chi connectivity index (χ4n) is 5.71. The molecule has 1 heterocycles. The Bertz CT molecular complexity index is 1210. The van der Waals surface area contributed by atoms with E-state index in [0.717, 1.165) is 43.2 Å². The molecule has 3 aromatic carbocycles. The molecule has 0 aromatic heterocycles. The van der Waals surface area contributed by atoms with Crippen molar-refractivity contribution < 1.29 is 9.59 Å². The summed E-state index contributed by atoms with van der Waals surface area (Å²) in [6.07, 6.45) is 4.16. The van der Waals surface area contributed by atoms with Gasteiger partial charge in [0.2, 0.25) is 5.91 Å². The van der Waals surface area contributed by atoms with Crippen LogP contribution in [0.5, 0.6) is 0 Å². The molecule has 1 aliphatic carbocycles. The fourth-order valence-corrected chi connectivity index (χ4v) is 5.84. The summed E-state index contributed by atoms with van der Waals surface area (Å²) in [5, 5.41) is 3.80. The molecular formula is C30H32ClN3O2. The number of amides is 2. The first-order valence-electron chi connectivity index (χ1n) is 12.8. The number of nitrogens with two attached hydrogens (primary N) is 1. The van der Waals surface area contributed by atoms with Crippen LogP contribution in [-0.2, 0) is 11.2 Å². The zero-order chi connectivity index (χ0) is 25.1. The van der Waals surface area contributed by atoms with Gasteiger partial charge < -0.3 is 16.0 Å². The predicted octanol–water partition coefficient (Wildman–Crippen LogP) is 5.25. The highest BCUT2D eigenvalue weighted by atomic mass is 35.5. The number of rotatable bonds is 6. The van der Waals surface area contributed by atoms with Crippen LogP contribution < -0.4 is 11.1 Å². The maximum Gasteiger partial charge on any atom is 0.254 e. The van der Waals surface area contributed by atoms with Gasteiger partial charge in [-0.25, -0.2) is 0 Å². The Labute approximate surface area is 217 Å². The molecule has 6 heteroatoms. The lowest BCUT2D eigenvalue weighted by atomic mass is 9.77. The minimum absolute atomic E-state index is 0.0145. The van der Waals surface area contributed by atoms with Crippen LogP contribution in [0.2, 0.25) is 5.02 Å². The van der Waals surface area contributed by atoms with Gasteiger partial charge in [-0.05, 0) is 67.0 Å². The van der Waals surface area contributed by atoms with Gasteiger partial charge in [0.25, 0.3) is 5.91 Å². The third-order valence-electron chi connectivity index (χ3n) is 7.56. The van der Waals surface area contributed by atoms with Crippen LogP contribution in [0.1, 0.15) is 64.7 Å². The largest absolute Gasteiger partial charge is 0.355 e. The van der Waals surface area contributed by atoms with Gasteiger partial charge in [0.05, 0.1) is 12.0 Å². The second kappa shape index (κ2) is 10.9. The third kappa shape index (κ3) is 5.04. The lowest BCUT2D eigenvalue weighted by Gasteiger charge is -2.47. The SMILES string of the molecule is N[C@H]1CC[C@H](N2C(=O)c3ccccc3[C@@H](C(=O)NCCc3ccccc3)[C@@H]2c2ccc(Cl)cc2)CC1. The fraction of sp³-hybridized carbons (Fsp3) is 0.333. The standard InChI is InChI=1S/C30H32ClN3O2/c31-22-12-10-21(11-13-22)28-27(29(35)33-19-18-20-6-2-1-3-7-20)25-8-4-5-9-26(25)30(36)34(28)24-16-14-23(32)15-17-24/h1-13,23-24,27-28H,14-19,32H2,(H,33,35)/t23-,24-,27-,28+/m1/s1. The Morgan fingerprint density at radius 1 is 0.917 bits per heavy atom. The summed E-state index contributed by atoms with van der Waals surface area (Å²) in [7, 11) is 0. The number of hydrogen-bond acceptors (Lipinski definition) is 3. The van der Waals surface area contributed by atoms with E-state index in [1.165, 1.54) is 5.56 Å². The number of carbonyl (C=O) groups excluding carboxylic acids is 2. The lowest BCUT2D eigenvalue weighted by molar-refractivity contribution is -0.124. The van der Waals surface area contributed by atoms with Gasteiger partial charge in [-0.2, -0.15) is 0 Å². The molecule has 1 saturated carbocycles. The molecule has 5 rings (SSSR count). The van der Waals surface area contributed by atoms with E-state index in [9.17, 15) is 9.59 Å². The number of carbonyl (C=O) groups is 2. The van der Waals surface area contributed by atoms with Gasteiger partial charge in [-0.1, -0.05) is 72.3 Å². The molecule has 1 aliphatic heterocycles. The zero-order valence-corrected chi connectivity index (χ0v) is 21.0. The summed E-state index contributed by atoms with van der Waals surface area (Å²) in [5.41, 5.74) is 9.68. The average molecular weight is 502 g/mol. The molecule has 0 spiro atoms. The summed E-state index contributed by atoms with van der Waals surface area (Å²) >= 11 is 6.21. The van der Waals surface area contributed by atoms with E-state index in [-0.39, 0.29) is 23.9 Å². The summed E-state index contributed by atoms with van der Waals surface area (Å²) in [6.45, 7) is 0.529. The molecule has 1 fully saturated rings. The van der Waals surface area contributed by atoms with Gasteiger partial charge in [0.1, 0.15) is 0 Å². The molecule has 3 aromatic rings. The van der Waals surface area contributed by atoms with E-state index in [1.54, 1.807) is 0 Å². The highest BCUT2D eigenvalue weighted by Gasteiger charge is 2.46. The molecule has 3 N–H and O–H groups in total. The van der Waals surface area contributed by atoms with Crippen molar-refractivity contribution in [3.63, 3.8) is 0 Å². The molecule has 186 valence electrons. The molecule has 2 atom stereocenters. The van der Waals surface area contributed by atoms with Crippen LogP contribution in [0.25, 0.3) is 0 Å². The quantitative estimate of drug-likeness (QED) is 0.484. The van der Waals surface area contributed by atoms with Crippen molar-refractivity contribution in [3.05, 3.63) is 106 Å². The number of nitrogens with one attached hydrogen (secondary N) is 1. The van der Waals surface area contributed by atoms with E-state index in [4.69, 9.17) is 17.3 Å². The van der Waals surface area contributed by atoms with E-state index >= 15 is 0 Å². The normalized spacial score (nSPS) is 23.7. The van der Waals surface area contributed by atoms with Crippen LogP contribution in [0.4, 0.5) is 0 Å². The van der Waals surface area contributed by atoms with E-state index < -0.39 is 12.0 Å². The average Bonchev–Trinajstić information content (AvgIpc) is 2.90. The van der Waals surface area contributed by atoms with Crippen molar-refractivity contribution in [2.45, 2.75) is 56.1 Å². The molecule has 0 radical (unpaired) electrons. The summed E-state index contributed by atoms with van der Waals surface area (Å²) in [5.74, 6) is -0.603. The molecule has 2 amide bonds. The highest BCUT2D eigenvalue weighted by molar-refractivity contribution is 6.30. The minimum Gasteiger partial charge on any atom is -0.355 e. The van der Waals surface area contributed by atoms with Crippen LogP contribution in [0.3, 0.4) is 0 Å². The minimum atomic E-state index is -0.522. The van der Waals surface area contributed by atoms with Crippen LogP contribution in [0, 0.1) is 0 Å². The first kappa shape index (κ1) is 24.5. The van der Waals surface area contributed by atoms with Crippen molar-refractivity contribution >= 4 is 23.4 Å². The van der Waals surface area contributed by atoms with Gasteiger partial charge in [-0.3, -0.25) is 9.59 Å². The predicted molar refractivity (Wildman–Crippen MR) is 143 cm³/mol. The maximum absolute atomic E-state index is 14.0. The van der Waals surface area contributed by atoms with Gasteiger partial charge in [0, 0.05) is 29.2 Å². The summed E-state index contributed by atoms with van der Waals surface area (Å²) in [6, 6.07) is 25.0. The Hall–Kier alpha value is -3.15. The smallest absolute Gasteiger partial charge is 0.254 e. The Morgan fingerprint density at radius 2 is 1.58 bits per heavy atom. The van der Waals surface area contributed by atoms with Gasteiger partial charge >= 0.3 is 0 Å². The number of benzene rings is 3. The number of fused-ring (bicyclic) bond motifs is 1. The molecule has 0 saturated heterocycles. The van der Waals surface area contributed by atoms with Crippen molar-refractivity contribution in [3.8, 4) is 0 Å².